The van der Waals surface area contributed by atoms with Gasteiger partial charge in [0.25, 0.3) is 0 Å². The number of carbonyl (C=O) groups excluding carboxylic acids is 2. The summed E-state index contributed by atoms with van der Waals surface area (Å²) in [6.45, 7) is 4.28. The van der Waals surface area contributed by atoms with Crippen molar-refractivity contribution in [2.45, 2.75) is 36.8 Å². The van der Waals surface area contributed by atoms with Crippen LogP contribution in [0.2, 0.25) is 0 Å². The van der Waals surface area contributed by atoms with E-state index in [2.05, 4.69) is 5.32 Å². The van der Waals surface area contributed by atoms with E-state index in [1.54, 1.807) is 38.5 Å². The van der Waals surface area contributed by atoms with Gasteiger partial charge < -0.3 is 19.5 Å². The van der Waals surface area contributed by atoms with Crippen molar-refractivity contribution in [3.05, 3.63) is 48.0 Å². The quantitative estimate of drug-likeness (QED) is 0.341. The van der Waals surface area contributed by atoms with E-state index >= 15 is 0 Å². The van der Waals surface area contributed by atoms with Crippen molar-refractivity contribution in [1.29, 1.82) is 0 Å². The fraction of sp³-hybridized carbons (Fsp3) is 0.364. The molecule has 7 heteroatoms. The molecule has 0 fully saturated rings. The summed E-state index contributed by atoms with van der Waals surface area (Å²) in [7, 11) is 3.16. The Morgan fingerprint density at radius 2 is 1.72 bits per heavy atom. The highest BCUT2D eigenvalue weighted by atomic mass is 32.2. The Kier molecular flexibility index (Phi) is 8.86. The summed E-state index contributed by atoms with van der Waals surface area (Å²) in [6.07, 6.45) is 1.81. The van der Waals surface area contributed by atoms with Gasteiger partial charge >= 0.3 is 5.97 Å². The minimum Gasteiger partial charge on any atom is -0.493 e. The molecule has 0 aliphatic heterocycles. The molecule has 156 valence electrons. The zero-order valence-corrected chi connectivity index (χ0v) is 18.0. The molecule has 0 saturated carbocycles. The number of thioether (sulfide) groups is 1. The smallest absolute Gasteiger partial charge is 0.338 e. The standard InChI is InChI=1S/C22H27NO5S/c1-5-6-13-28-22(25)16-7-9-17(10-8-16)23-21(24)15(2)29-18-11-12-19(26-3)20(14-18)27-4/h7-12,14-15H,5-6,13H2,1-4H3,(H,23,24)/t15-/m0/s1. The highest BCUT2D eigenvalue weighted by Crippen LogP contribution is 2.33. The Morgan fingerprint density at radius 3 is 2.34 bits per heavy atom. The van der Waals surface area contributed by atoms with E-state index in [1.807, 2.05) is 32.0 Å². The Balaban J connectivity index is 1.93. The van der Waals surface area contributed by atoms with Crippen molar-refractivity contribution in [1.82, 2.24) is 0 Å². The summed E-state index contributed by atoms with van der Waals surface area (Å²) in [5, 5.41) is 2.54. The first-order chi connectivity index (χ1) is 14.0. The molecule has 0 heterocycles. The zero-order valence-electron chi connectivity index (χ0n) is 17.2. The summed E-state index contributed by atoms with van der Waals surface area (Å²) in [6, 6.07) is 12.2. The SMILES string of the molecule is CCCCOC(=O)c1ccc(NC(=O)[C@H](C)Sc2ccc(OC)c(OC)c2)cc1. The van der Waals surface area contributed by atoms with E-state index in [4.69, 9.17) is 14.2 Å². The predicted octanol–water partition coefficient (Wildman–Crippen LogP) is 4.78. The number of anilines is 1. The number of hydrogen-bond acceptors (Lipinski definition) is 6. The molecule has 0 aromatic heterocycles. The fourth-order valence-corrected chi connectivity index (χ4v) is 3.37. The second-order valence-corrected chi connectivity index (χ2v) is 7.75. The normalized spacial score (nSPS) is 11.4. The molecule has 1 amide bonds. The predicted molar refractivity (Wildman–Crippen MR) is 115 cm³/mol. The maximum atomic E-state index is 12.5. The molecule has 2 rings (SSSR count). The lowest BCUT2D eigenvalue weighted by Crippen LogP contribution is -2.22. The van der Waals surface area contributed by atoms with Crippen LogP contribution in [0.1, 0.15) is 37.0 Å². The van der Waals surface area contributed by atoms with Gasteiger partial charge in [-0.2, -0.15) is 0 Å². The first kappa shape index (κ1) is 22.6. The second-order valence-electron chi connectivity index (χ2n) is 6.33. The van der Waals surface area contributed by atoms with Gasteiger partial charge in [0.05, 0.1) is 31.6 Å². The summed E-state index contributed by atoms with van der Waals surface area (Å²) in [5.41, 5.74) is 1.09. The van der Waals surface area contributed by atoms with Gasteiger partial charge in [0, 0.05) is 10.6 Å². The lowest BCUT2D eigenvalue weighted by Gasteiger charge is -2.14. The molecular weight excluding hydrogens is 390 g/mol. The van der Waals surface area contributed by atoms with Gasteiger partial charge in [0.15, 0.2) is 11.5 Å². The Hall–Kier alpha value is -2.67. The highest BCUT2D eigenvalue weighted by molar-refractivity contribution is 8.00. The average molecular weight is 418 g/mol. The van der Waals surface area contributed by atoms with Crippen LogP contribution in [0.15, 0.2) is 47.4 Å². The number of methoxy groups -OCH3 is 2. The van der Waals surface area contributed by atoms with Crippen molar-refractivity contribution in [2.24, 2.45) is 0 Å². The third-order valence-corrected chi connectivity index (χ3v) is 5.25. The number of nitrogens with one attached hydrogen (secondary N) is 1. The number of esters is 1. The van der Waals surface area contributed by atoms with E-state index < -0.39 is 0 Å². The molecule has 0 bridgehead atoms. The summed E-state index contributed by atoms with van der Waals surface area (Å²) in [5.74, 6) is 0.769. The van der Waals surface area contributed by atoms with E-state index in [9.17, 15) is 9.59 Å². The third-order valence-electron chi connectivity index (χ3n) is 4.16. The van der Waals surface area contributed by atoms with Crippen molar-refractivity contribution in [3.8, 4) is 11.5 Å². The molecule has 0 aliphatic carbocycles. The van der Waals surface area contributed by atoms with Crippen LogP contribution in [-0.4, -0.2) is 38.0 Å². The Morgan fingerprint density at radius 1 is 1.03 bits per heavy atom. The van der Waals surface area contributed by atoms with Crippen LogP contribution in [0.3, 0.4) is 0 Å². The van der Waals surface area contributed by atoms with Crippen LogP contribution in [-0.2, 0) is 9.53 Å². The maximum absolute atomic E-state index is 12.5. The van der Waals surface area contributed by atoms with Crippen molar-refractivity contribution in [3.63, 3.8) is 0 Å². The zero-order chi connectivity index (χ0) is 21.2. The molecule has 1 N–H and O–H groups in total. The summed E-state index contributed by atoms with van der Waals surface area (Å²) >= 11 is 1.42. The van der Waals surface area contributed by atoms with E-state index in [-0.39, 0.29) is 17.1 Å². The van der Waals surface area contributed by atoms with Gasteiger partial charge in [-0.25, -0.2) is 4.79 Å². The van der Waals surface area contributed by atoms with Gasteiger partial charge in [-0.1, -0.05) is 13.3 Å². The molecule has 29 heavy (non-hydrogen) atoms. The molecule has 0 radical (unpaired) electrons. The van der Waals surface area contributed by atoms with Crippen molar-refractivity contribution >= 4 is 29.3 Å². The molecule has 6 nitrogen and oxygen atoms in total. The monoisotopic (exact) mass is 417 g/mol. The lowest BCUT2D eigenvalue weighted by molar-refractivity contribution is -0.115. The lowest BCUT2D eigenvalue weighted by atomic mass is 10.2. The average Bonchev–Trinajstić information content (AvgIpc) is 2.74. The molecule has 2 aromatic rings. The Labute approximate surface area is 175 Å². The van der Waals surface area contributed by atoms with Gasteiger partial charge in [-0.15, -0.1) is 11.8 Å². The molecule has 0 saturated heterocycles. The van der Waals surface area contributed by atoms with Crippen molar-refractivity contribution < 1.29 is 23.8 Å². The van der Waals surface area contributed by atoms with E-state index in [0.29, 0.717) is 29.4 Å². The maximum Gasteiger partial charge on any atom is 0.338 e. The minimum atomic E-state index is -0.353. The molecular formula is C22H27NO5S. The topological polar surface area (TPSA) is 73.9 Å². The van der Waals surface area contributed by atoms with Gasteiger partial charge in [-0.05, 0) is 55.8 Å². The first-order valence-electron chi connectivity index (χ1n) is 9.45. The number of unbranched alkanes of at least 4 members (excludes halogenated alkanes) is 1. The second kappa shape index (κ2) is 11.4. The highest BCUT2D eigenvalue weighted by Gasteiger charge is 2.16. The molecule has 0 spiro atoms. The molecule has 0 unspecified atom stereocenters. The fourth-order valence-electron chi connectivity index (χ4n) is 2.47. The largest absolute Gasteiger partial charge is 0.493 e. The molecule has 2 aromatic carbocycles. The van der Waals surface area contributed by atoms with Crippen LogP contribution in [0.4, 0.5) is 5.69 Å². The molecule has 1 atom stereocenters. The van der Waals surface area contributed by atoms with E-state index in [1.165, 1.54) is 11.8 Å². The van der Waals surface area contributed by atoms with Crippen LogP contribution in [0, 0.1) is 0 Å². The van der Waals surface area contributed by atoms with Gasteiger partial charge in [-0.3, -0.25) is 4.79 Å². The van der Waals surface area contributed by atoms with Gasteiger partial charge in [0.2, 0.25) is 5.91 Å². The van der Waals surface area contributed by atoms with Crippen molar-refractivity contribution in [2.75, 3.05) is 26.1 Å². The number of rotatable bonds is 10. The van der Waals surface area contributed by atoms with Crippen LogP contribution in [0.25, 0.3) is 0 Å². The van der Waals surface area contributed by atoms with Crippen LogP contribution < -0.4 is 14.8 Å². The van der Waals surface area contributed by atoms with E-state index in [0.717, 1.165) is 17.7 Å². The number of benzene rings is 2. The number of ether oxygens (including phenoxy) is 3. The number of hydrogen-bond donors (Lipinski definition) is 1. The van der Waals surface area contributed by atoms with Crippen LogP contribution >= 0.6 is 11.8 Å². The summed E-state index contributed by atoms with van der Waals surface area (Å²) < 4.78 is 15.7. The van der Waals surface area contributed by atoms with Crippen LogP contribution in [0.5, 0.6) is 11.5 Å². The minimum absolute atomic E-state index is 0.136. The third kappa shape index (κ3) is 6.71. The van der Waals surface area contributed by atoms with Gasteiger partial charge in [0.1, 0.15) is 0 Å². The summed E-state index contributed by atoms with van der Waals surface area (Å²) in [4.78, 5) is 25.3. The number of carbonyl (C=O) groups is 2. The number of amides is 1. The first-order valence-corrected chi connectivity index (χ1v) is 10.3. The Bertz CT molecular complexity index is 822. The molecule has 0 aliphatic rings.